The lowest BCUT2D eigenvalue weighted by atomic mass is 9.99. The highest BCUT2D eigenvalue weighted by Gasteiger charge is 2.34. The molecule has 1 aliphatic heterocycles. The predicted octanol–water partition coefficient (Wildman–Crippen LogP) is 1.07. The largest absolute Gasteiger partial charge is 0.496 e. The first-order valence-electron chi connectivity index (χ1n) is 7.48. The smallest absolute Gasteiger partial charge is 0.250 e. The Balaban J connectivity index is 2.43. The summed E-state index contributed by atoms with van der Waals surface area (Å²) in [7, 11) is 0.632. The fraction of sp³-hybridized carbons (Fsp3) is 0.600. The summed E-state index contributed by atoms with van der Waals surface area (Å²) in [6.07, 6.45) is 1.52. The van der Waals surface area contributed by atoms with E-state index < -0.39 is 10.0 Å². The van der Waals surface area contributed by atoms with Gasteiger partial charge in [-0.1, -0.05) is 0 Å². The highest BCUT2D eigenvalue weighted by Crippen LogP contribution is 2.39. The SMILES string of the molecule is COc1cc(OC)c(S(=O)(=O)N2CCC(CN)CC2)c(OC)c1. The Morgan fingerprint density at radius 3 is 2.00 bits per heavy atom. The Labute approximate surface area is 137 Å². The average molecular weight is 344 g/mol. The fourth-order valence-corrected chi connectivity index (χ4v) is 4.49. The number of rotatable bonds is 6. The molecule has 0 amide bonds. The molecule has 0 aliphatic carbocycles. The molecule has 2 N–H and O–H groups in total. The third-order valence-corrected chi connectivity index (χ3v) is 6.14. The monoisotopic (exact) mass is 344 g/mol. The second kappa shape index (κ2) is 7.37. The Hall–Kier alpha value is -1.51. The van der Waals surface area contributed by atoms with Crippen LogP contribution in [0.3, 0.4) is 0 Å². The van der Waals surface area contributed by atoms with Crippen LogP contribution in [0, 0.1) is 5.92 Å². The number of sulfonamides is 1. The molecule has 23 heavy (non-hydrogen) atoms. The molecular weight excluding hydrogens is 320 g/mol. The van der Waals surface area contributed by atoms with Crippen LogP contribution in [0.4, 0.5) is 0 Å². The molecule has 0 saturated carbocycles. The molecule has 0 radical (unpaired) electrons. The normalized spacial score (nSPS) is 17.0. The van der Waals surface area contributed by atoms with Crippen molar-refractivity contribution in [1.29, 1.82) is 0 Å². The maximum atomic E-state index is 13.0. The number of nitrogens with zero attached hydrogens (tertiary/aromatic N) is 1. The van der Waals surface area contributed by atoms with Gasteiger partial charge in [0, 0.05) is 25.2 Å². The molecule has 7 nitrogen and oxygen atoms in total. The van der Waals surface area contributed by atoms with Crippen molar-refractivity contribution in [3.05, 3.63) is 12.1 Å². The summed E-state index contributed by atoms with van der Waals surface area (Å²) in [5.74, 6) is 1.27. The van der Waals surface area contributed by atoms with Crippen LogP contribution in [0.5, 0.6) is 17.2 Å². The molecule has 1 saturated heterocycles. The third-order valence-electron chi connectivity index (χ3n) is 4.17. The molecule has 1 aromatic carbocycles. The number of piperidine rings is 1. The number of nitrogens with two attached hydrogens (primary N) is 1. The van der Waals surface area contributed by atoms with E-state index in [4.69, 9.17) is 19.9 Å². The van der Waals surface area contributed by atoms with Crippen LogP contribution in [-0.4, -0.2) is 53.7 Å². The summed E-state index contributed by atoms with van der Waals surface area (Å²) in [4.78, 5) is 0.0366. The van der Waals surface area contributed by atoms with Crippen molar-refractivity contribution < 1.29 is 22.6 Å². The molecule has 0 spiro atoms. The van der Waals surface area contributed by atoms with E-state index >= 15 is 0 Å². The van der Waals surface area contributed by atoms with E-state index in [9.17, 15) is 8.42 Å². The molecule has 0 bridgehead atoms. The predicted molar refractivity (Wildman–Crippen MR) is 86.6 cm³/mol. The number of methoxy groups -OCH3 is 3. The van der Waals surface area contributed by atoms with Crippen molar-refractivity contribution in [3.63, 3.8) is 0 Å². The van der Waals surface area contributed by atoms with E-state index in [1.165, 1.54) is 25.6 Å². The molecule has 0 atom stereocenters. The summed E-state index contributed by atoms with van der Waals surface area (Å²) < 4.78 is 43.2. The topological polar surface area (TPSA) is 91.1 Å². The first kappa shape index (κ1) is 17.8. The quantitative estimate of drug-likeness (QED) is 0.830. The molecular formula is C15H24N2O5S. The van der Waals surface area contributed by atoms with E-state index in [0.717, 1.165) is 12.8 Å². The number of ether oxygens (including phenoxy) is 3. The minimum atomic E-state index is -3.72. The van der Waals surface area contributed by atoms with Crippen molar-refractivity contribution in [2.24, 2.45) is 11.7 Å². The van der Waals surface area contributed by atoms with Crippen molar-refractivity contribution in [1.82, 2.24) is 4.31 Å². The lowest BCUT2D eigenvalue weighted by molar-refractivity contribution is 0.276. The van der Waals surface area contributed by atoms with E-state index in [1.807, 2.05) is 0 Å². The summed E-state index contributed by atoms with van der Waals surface area (Å²) >= 11 is 0. The maximum Gasteiger partial charge on any atom is 0.250 e. The maximum absolute atomic E-state index is 13.0. The number of hydrogen-bond donors (Lipinski definition) is 1. The van der Waals surface area contributed by atoms with Crippen LogP contribution < -0.4 is 19.9 Å². The minimum Gasteiger partial charge on any atom is -0.496 e. The zero-order chi connectivity index (χ0) is 17.0. The van der Waals surface area contributed by atoms with Crippen LogP contribution in [0.25, 0.3) is 0 Å². The van der Waals surface area contributed by atoms with Gasteiger partial charge in [0.2, 0.25) is 10.0 Å². The van der Waals surface area contributed by atoms with E-state index in [2.05, 4.69) is 0 Å². The van der Waals surface area contributed by atoms with Crippen molar-refractivity contribution in [2.45, 2.75) is 17.7 Å². The van der Waals surface area contributed by atoms with E-state index in [0.29, 0.717) is 31.3 Å². The highest BCUT2D eigenvalue weighted by atomic mass is 32.2. The molecule has 0 unspecified atom stereocenters. The van der Waals surface area contributed by atoms with Gasteiger partial charge in [-0.15, -0.1) is 0 Å². The molecule has 0 aromatic heterocycles. The Morgan fingerprint density at radius 1 is 1.09 bits per heavy atom. The molecule has 2 rings (SSSR count). The van der Waals surface area contributed by atoms with Crippen molar-refractivity contribution in [2.75, 3.05) is 41.0 Å². The fourth-order valence-electron chi connectivity index (χ4n) is 2.74. The summed E-state index contributed by atoms with van der Waals surface area (Å²) in [6.45, 7) is 1.48. The summed E-state index contributed by atoms with van der Waals surface area (Å²) in [6, 6.07) is 3.09. The lowest BCUT2D eigenvalue weighted by Crippen LogP contribution is -2.40. The van der Waals surface area contributed by atoms with Gasteiger partial charge in [0.15, 0.2) is 4.90 Å². The molecule has 1 fully saturated rings. The highest BCUT2D eigenvalue weighted by molar-refractivity contribution is 7.89. The Morgan fingerprint density at radius 2 is 1.61 bits per heavy atom. The van der Waals surface area contributed by atoms with Crippen molar-refractivity contribution in [3.8, 4) is 17.2 Å². The van der Waals surface area contributed by atoms with Gasteiger partial charge in [-0.05, 0) is 25.3 Å². The number of benzene rings is 1. The van der Waals surface area contributed by atoms with Crippen LogP contribution in [-0.2, 0) is 10.0 Å². The summed E-state index contributed by atoms with van der Waals surface area (Å²) in [5, 5.41) is 0. The van der Waals surface area contributed by atoms with Crippen LogP contribution in [0.1, 0.15) is 12.8 Å². The van der Waals surface area contributed by atoms with Crippen LogP contribution >= 0.6 is 0 Å². The summed E-state index contributed by atoms with van der Waals surface area (Å²) in [5.41, 5.74) is 5.67. The van der Waals surface area contributed by atoms with Crippen LogP contribution in [0.2, 0.25) is 0 Å². The molecule has 1 aromatic rings. The standard InChI is InChI=1S/C15H24N2O5S/c1-20-12-8-13(21-2)15(14(9-12)22-3)23(18,19)17-6-4-11(10-16)5-7-17/h8-9,11H,4-7,10,16H2,1-3H3. The van der Waals surface area contributed by atoms with Gasteiger partial charge in [-0.25, -0.2) is 8.42 Å². The van der Waals surface area contributed by atoms with Gasteiger partial charge >= 0.3 is 0 Å². The first-order valence-corrected chi connectivity index (χ1v) is 8.92. The van der Waals surface area contributed by atoms with Gasteiger partial charge < -0.3 is 19.9 Å². The number of hydrogen-bond acceptors (Lipinski definition) is 6. The first-order chi connectivity index (χ1) is 11.0. The zero-order valence-corrected chi connectivity index (χ0v) is 14.6. The molecule has 130 valence electrons. The van der Waals surface area contributed by atoms with Crippen molar-refractivity contribution >= 4 is 10.0 Å². The van der Waals surface area contributed by atoms with Gasteiger partial charge in [0.1, 0.15) is 17.2 Å². The lowest BCUT2D eigenvalue weighted by Gasteiger charge is -2.31. The van der Waals surface area contributed by atoms with Gasteiger partial charge in [0.05, 0.1) is 21.3 Å². The minimum absolute atomic E-state index is 0.0366. The third kappa shape index (κ3) is 3.54. The average Bonchev–Trinajstić information content (AvgIpc) is 2.60. The van der Waals surface area contributed by atoms with Gasteiger partial charge in [-0.3, -0.25) is 0 Å². The van der Waals surface area contributed by atoms with Crippen LogP contribution in [0.15, 0.2) is 17.0 Å². The Kier molecular flexibility index (Phi) is 5.72. The Bertz CT molecular complexity index is 614. The van der Waals surface area contributed by atoms with Gasteiger partial charge in [-0.2, -0.15) is 4.31 Å². The molecule has 8 heteroatoms. The zero-order valence-electron chi connectivity index (χ0n) is 13.7. The van der Waals surface area contributed by atoms with E-state index in [-0.39, 0.29) is 16.4 Å². The molecule has 1 heterocycles. The van der Waals surface area contributed by atoms with Gasteiger partial charge in [0.25, 0.3) is 0 Å². The van der Waals surface area contributed by atoms with E-state index in [1.54, 1.807) is 12.1 Å². The second-order valence-corrected chi connectivity index (χ2v) is 7.32. The second-order valence-electron chi connectivity index (χ2n) is 5.44. The molecule has 1 aliphatic rings.